The fourth-order valence-electron chi connectivity index (χ4n) is 2.75. The number of benzene rings is 1. The number of aliphatic imine (C=N–C) groups is 1. The molecule has 2 aromatic heterocycles. The number of hydrogen-bond donors (Lipinski definition) is 3. The monoisotopic (exact) mass is 321 g/mol. The Morgan fingerprint density at radius 1 is 1.25 bits per heavy atom. The molecular weight excluding hydrogens is 298 g/mol. The molecule has 1 unspecified atom stereocenters. The van der Waals surface area contributed by atoms with Crippen LogP contribution in [0, 0.1) is 0 Å². The number of aromatic amines is 1. The standard InChI is InChI=1S/C19H23N5/c1-3-10-23-19(20)24-13(2)14-4-6-15(7-5-14)16-8-11-21-18-17(16)9-12-22-18/h4-9,11-13H,3,10H2,1-2H3,(H,21,22)(H3,20,23,24). The van der Waals surface area contributed by atoms with Crippen molar-refractivity contribution in [2.24, 2.45) is 10.7 Å². The van der Waals surface area contributed by atoms with Gasteiger partial charge in [-0.05, 0) is 42.2 Å². The second-order valence-corrected chi connectivity index (χ2v) is 5.85. The number of hydrogen-bond acceptors (Lipinski definition) is 2. The van der Waals surface area contributed by atoms with Gasteiger partial charge in [-0.2, -0.15) is 0 Å². The molecule has 0 fully saturated rings. The second kappa shape index (κ2) is 7.17. The van der Waals surface area contributed by atoms with Gasteiger partial charge in [0.05, 0.1) is 6.04 Å². The first-order valence-electron chi connectivity index (χ1n) is 8.28. The van der Waals surface area contributed by atoms with Gasteiger partial charge in [0.15, 0.2) is 5.96 Å². The third-order valence-corrected chi connectivity index (χ3v) is 4.05. The van der Waals surface area contributed by atoms with E-state index >= 15 is 0 Å². The smallest absolute Gasteiger partial charge is 0.189 e. The zero-order chi connectivity index (χ0) is 16.9. The topological polar surface area (TPSA) is 79.1 Å². The minimum absolute atomic E-state index is 0.115. The molecule has 24 heavy (non-hydrogen) atoms. The summed E-state index contributed by atoms with van der Waals surface area (Å²) in [5, 5.41) is 4.36. The van der Waals surface area contributed by atoms with E-state index in [1.54, 1.807) is 0 Å². The van der Waals surface area contributed by atoms with Gasteiger partial charge in [-0.15, -0.1) is 0 Å². The Hall–Kier alpha value is -2.82. The predicted molar refractivity (Wildman–Crippen MR) is 99.9 cm³/mol. The minimum Gasteiger partial charge on any atom is -0.370 e. The number of nitrogens with one attached hydrogen (secondary N) is 2. The molecule has 0 saturated carbocycles. The molecule has 0 aliphatic rings. The van der Waals surface area contributed by atoms with Crippen molar-refractivity contribution in [1.29, 1.82) is 0 Å². The molecule has 4 N–H and O–H groups in total. The van der Waals surface area contributed by atoms with Gasteiger partial charge >= 0.3 is 0 Å². The van der Waals surface area contributed by atoms with Crippen molar-refractivity contribution in [2.75, 3.05) is 6.54 Å². The largest absolute Gasteiger partial charge is 0.370 e. The molecule has 0 amide bonds. The van der Waals surface area contributed by atoms with E-state index in [2.05, 4.69) is 64.5 Å². The minimum atomic E-state index is 0.115. The highest BCUT2D eigenvalue weighted by Gasteiger charge is 2.08. The fourth-order valence-corrected chi connectivity index (χ4v) is 2.75. The Morgan fingerprint density at radius 3 is 2.79 bits per heavy atom. The highest BCUT2D eigenvalue weighted by Crippen LogP contribution is 2.27. The maximum atomic E-state index is 5.90. The number of rotatable bonds is 5. The van der Waals surface area contributed by atoms with Gasteiger partial charge in [0.2, 0.25) is 0 Å². The SMILES string of the molecule is CCCN=C(N)NC(C)c1ccc(-c2ccnc3[nH]ccc23)cc1. The molecule has 0 aliphatic carbocycles. The first-order chi connectivity index (χ1) is 11.7. The fraction of sp³-hybridized carbons (Fsp3) is 0.263. The Balaban J connectivity index is 1.79. The molecule has 2 heterocycles. The molecule has 0 spiro atoms. The summed E-state index contributed by atoms with van der Waals surface area (Å²) in [6.45, 7) is 4.92. The van der Waals surface area contributed by atoms with E-state index in [0.717, 1.165) is 24.0 Å². The Bertz CT molecular complexity index is 832. The molecule has 3 aromatic rings. The number of fused-ring (bicyclic) bond motifs is 1. The lowest BCUT2D eigenvalue weighted by atomic mass is 10.0. The third kappa shape index (κ3) is 3.40. The lowest BCUT2D eigenvalue weighted by Crippen LogP contribution is -2.33. The van der Waals surface area contributed by atoms with Crippen LogP contribution in [0.15, 0.2) is 53.8 Å². The van der Waals surface area contributed by atoms with Gasteiger partial charge in [-0.1, -0.05) is 31.2 Å². The van der Waals surface area contributed by atoms with Crippen molar-refractivity contribution in [3.63, 3.8) is 0 Å². The molecule has 0 saturated heterocycles. The van der Waals surface area contributed by atoms with Crippen LogP contribution in [0.3, 0.4) is 0 Å². The van der Waals surface area contributed by atoms with Gasteiger partial charge in [-0.3, -0.25) is 4.99 Å². The quantitative estimate of drug-likeness (QED) is 0.496. The number of pyridine rings is 1. The maximum Gasteiger partial charge on any atom is 0.189 e. The number of nitrogens with two attached hydrogens (primary N) is 1. The summed E-state index contributed by atoms with van der Waals surface area (Å²) in [7, 11) is 0. The van der Waals surface area contributed by atoms with Crippen LogP contribution in [-0.2, 0) is 0 Å². The lowest BCUT2D eigenvalue weighted by Gasteiger charge is -2.15. The lowest BCUT2D eigenvalue weighted by molar-refractivity contribution is 0.707. The van der Waals surface area contributed by atoms with Gasteiger partial charge in [0, 0.05) is 24.3 Å². The number of guanidine groups is 1. The number of nitrogens with zero attached hydrogens (tertiary/aromatic N) is 2. The number of H-pyrrole nitrogens is 1. The maximum absolute atomic E-state index is 5.90. The van der Waals surface area contributed by atoms with Crippen LogP contribution in [0.4, 0.5) is 0 Å². The first-order valence-corrected chi connectivity index (χ1v) is 8.28. The normalized spacial score (nSPS) is 13.2. The van der Waals surface area contributed by atoms with E-state index in [-0.39, 0.29) is 6.04 Å². The summed E-state index contributed by atoms with van der Waals surface area (Å²) in [5.74, 6) is 0.497. The van der Waals surface area contributed by atoms with Gasteiger partial charge in [0.25, 0.3) is 0 Å². The van der Waals surface area contributed by atoms with Crippen molar-refractivity contribution >= 4 is 17.0 Å². The summed E-state index contributed by atoms with van der Waals surface area (Å²) in [4.78, 5) is 11.8. The average molecular weight is 321 g/mol. The first kappa shape index (κ1) is 16.1. The van der Waals surface area contributed by atoms with Crippen molar-refractivity contribution in [1.82, 2.24) is 15.3 Å². The highest BCUT2D eigenvalue weighted by atomic mass is 15.1. The van der Waals surface area contributed by atoms with Gasteiger partial charge < -0.3 is 16.0 Å². The second-order valence-electron chi connectivity index (χ2n) is 5.85. The summed E-state index contributed by atoms with van der Waals surface area (Å²) in [6, 6.07) is 12.7. The molecule has 3 rings (SSSR count). The summed E-state index contributed by atoms with van der Waals surface area (Å²) < 4.78 is 0. The van der Waals surface area contributed by atoms with Crippen molar-refractivity contribution < 1.29 is 0 Å². The van der Waals surface area contributed by atoms with E-state index in [4.69, 9.17) is 5.73 Å². The zero-order valence-corrected chi connectivity index (χ0v) is 14.1. The van der Waals surface area contributed by atoms with E-state index in [0.29, 0.717) is 5.96 Å². The zero-order valence-electron chi connectivity index (χ0n) is 14.1. The van der Waals surface area contributed by atoms with Crippen molar-refractivity contribution in [2.45, 2.75) is 26.3 Å². The van der Waals surface area contributed by atoms with Crippen LogP contribution < -0.4 is 11.1 Å². The van der Waals surface area contributed by atoms with Crippen LogP contribution in [0.5, 0.6) is 0 Å². The van der Waals surface area contributed by atoms with E-state index in [1.165, 1.54) is 16.7 Å². The summed E-state index contributed by atoms with van der Waals surface area (Å²) in [5.41, 5.74) is 10.3. The van der Waals surface area contributed by atoms with Crippen LogP contribution >= 0.6 is 0 Å². The molecule has 1 atom stereocenters. The number of aromatic nitrogens is 2. The van der Waals surface area contributed by atoms with Crippen LogP contribution in [-0.4, -0.2) is 22.5 Å². The Morgan fingerprint density at radius 2 is 2.04 bits per heavy atom. The predicted octanol–water partition coefficient (Wildman–Crippen LogP) is 3.61. The third-order valence-electron chi connectivity index (χ3n) is 4.05. The summed E-state index contributed by atoms with van der Waals surface area (Å²) in [6.07, 6.45) is 4.74. The van der Waals surface area contributed by atoms with E-state index in [1.807, 2.05) is 18.5 Å². The van der Waals surface area contributed by atoms with Crippen LogP contribution in [0.25, 0.3) is 22.2 Å². The Labute approximate surface area is 142 Å². The molecular formula is C19H23N5. The van der Waals surface area contributed by atoms with E-state index < -0.39 is 0 Å². The molecule has 5 nitrogen and oxygen atoms in total. The van der Waals surface area contributed by atoms with Gasteiger partial charge in [0.1, 0.15) is 5.65 Å². The Kier molecular flexibility index (Phi) is 4.79. The highest BCUT2D eigenvalue weighted by molar-refractivity contribution is 5.92. The summed E-state index contributed by atoms with van der Waals surface area (Å²) >= 11 is 0. The average Bonchev–Trinajstić information content (AvgIpc) is 3.08. The van der Waals surface area contributed by atoms with Crippen LogP contribution in [0.2, 0.25) is 0 Å². The van der Waals surface area contributed by atoms with Crippen molar-refractivity contribution in [3.05, 3.63) is 54.4 Å². The molecule has 124 valence electrons. The van der Waals surface area contributed by atoms with Crippen LogP contribution in [0.1, 0.15) is 31.9 Å². The van der Waals surface area contributed by atoms with E-state index in [9.17, 15) is 0 Å². The molecule has 0 radical (unpaired) electrons. The molecule has 1 aromatic carbocycles. The molecule has 0 aliphatic heterocycles. The molecule has 0 bridgehead atoms. The molecule has 5 heteroatoms. The van der Waals surface area contributed by atoms with Crippen molar-refractivity contribution in [3.8, 4) is 11.1 Å². The van der Waals surface area contributed by atoms with Gasteiger partial charge in [-0.25, -0.2) is 4.98 Å².